The normalized spacial score (nSPS) is 11.6. The molecule has 34 heavy (non-hydrogen) atoms. The van der Waals surface area contributed by atoms with Crippen molar-refractivity contribution in [3.8, 4) is 0 Å². The molecule has 3 amide bonds. The predicted molar refractivity (Wildman–Crippen MR) is 128 cm³/mol. The van der Waals surface area contributed by atoms with Crippen molar-refractivity contribution < 1.29 is 19.1 Å². The van der Waals surface area contributed by atoms with E-state index in [2.05, 4.69) is 15.6 Å². The van der Waals surface area contributed by atoms with Crippen LogP contribution in [0.1, 0.15) is 38.8 Å². The molecule has 3 aromatic rings. The third-order valence-corrected chi connectivity index (χ3v) is 5.17. The molecule has 0 radical (unpaired) electrons. The second-order valence-corrected chi connectivity index (χ2v) is 7.80. The van der Waals surface area contributed by atoms with Gasteiger partial charge in [0.2, 0.25) is 0 Å². The average Bonchev–Trinajstić information content (AvgIpc) is 2.82. The van der Waals surface area contributed by atoms with E-state index >= 15 is 0 Å². The Morgan fingerprint density at radius 3 is 2.50 bits per heavy atom. The highest BCUT2D eigenvalue weighted by Crippen LogP contribution is 2.12. The molecule has 0 fully saturated rings. The van der Waals surface area contributed by atoms with Gasteiger partial charge in [0, 0.05) is 18.7 Å². The molecule has 3 rings (SSSR count). The molecule has 0 bridgehead atoms. The van der Waals surface area contributed by atoms with Gasteiger partial charge in [0.15, 0.2) is 6.10 Å². The number of amides is 3. The number of unbranched alkanes of at least 4 members (excludes halogenated alkanes) is 1. The van der Waals surface area contributed by atoms with Gasteiger partial charge < -0.3 is 14.6 Å². The monoisotopic (exact) mass is 464 g/mol. The van der Waals surface area contributed by atoms with E-state index in [9.17, 15) is 19.2 Å². The van der Waals surface area contributed by atoms with E-state index in [4.69, 9.17) is 4.74 Å². The number of para-hydroxylation sites is 3. The summed E-state index contributed by atoms with van der Waals surface area (Å²) in [6, 6.07) is 15.3. The lowest BCUT2D eigenvalue weighted by atomic mass is 10.2. The van der Waals surface area contributed by atoms with Crippen LogP contribution >= 0.6 is 0 Å². The van der Waals surface area contributed by atoms with Crippen LogP contribution in [-0.4, -0.2) is 33.6 Å². The molecule has 2 N–H and O–H groups in total. The average molecular weight is 465 g/mol. The Balaban J connectivity index is 1.57. The minimum Gasteiger partial charge on any atom is -0.453 e. The second-order valence-electron chi connectivity index (χ2n) is 7.80. The van der Waals surface area contributed by atoms with Gasteiger partial charge in [-0.3, -0.25) is 19.7 Å². The fraction of sp³-hybridized carbons (Fsp3) is 0.320. The highest BCUT2D eigenvalue weighted by molar-refractivity contribution is 6.02. The Kier molecular flexibility index (Phi) is 8.50. The van der Waals surface area contributed by atoms with Crippen LogP contribution < -0.4 is 16.2 Å². The van der Waals surface area contributed by atoms with Crippen molar-refractivity contribution in [2.45, 2.75) is 52.2 Å². The lowest BCUT2D eigenvalue weighted by molar-refractivity contribution is -0.154. The fourth-order valence-corrected chi connectivity index (χ4v) is 3.37. The first kappa shape index (κ1) is 24.6. The molecule has 178 valence electrons. The number of aryl methyl sites for hydroxylation is 2. The minimum absolute atomic E-state index is 0.0808. The molecular weight excluding hydrogens is 436 g/mol. The predicted octanol–water partition coefficient (Wildman–Crippen LogP) is 3.41. The maximum atomic E-state index is 12.9. The summed E-state index contributed by atoms with van der Waals surface area (Å²) < 4.78 is 6.83. The Morgan fingerprint density at radius 2 is 1.76 bits per heavy atom. The first-order valence-electron chi connectivity index (χ1n) is 11.2. The third kappa shape index (κ3) is 6.50. The largest absolute Gasteiger partial charge is 0.453 e. The molecule has 1 atom stereocenters. The molecule has 0 spiro atoms. The summed E-state index contributed by atoms with van der Waals surface area (Å²) >= 11 is 0. The van der Waals surface area contributed by atoms with Crippen LogP contribution in [0, 0.1) is 0 Å². The first-order valence-corrected chi connectivity index (χ1v) is 11.2. The van der Waals surface area contributed by atoms with Gasteiger partial charge in [0.05, 0.1) is 17.5 Å². The van der Waals surface area contributed by atoms with Crippen molar-refractivity contribution in [1.29, 1.82) is 0 Å². The van der Waals surface area contributed by atoms with Crippen molar-refractivity contribution in [2.75, 3.05) is 5.32 Å². The first-order chi connectivity index (χ1) is 16.4. The van der Waals surface area contributed by atoms with Gasteiger partial charge in [-0.1, -0.05) is 43.7 Å². The van der Waals surface area contributed by atoms with Crippen LogP contribution in [0.4, 0.5) is 10.5 Å². The van der Waals surface area contributed by atoms with Crippen LogP contribution in [0.2, 0.25) is 0 Å². The number of nitrogens with zero attached hydrogens (tertiary/aromatic N) is 2. The van der Waals surface area contributed by atoms with E-state index in [1.54, 1.807) is 34.9 Å². The summed E-state index contributed by atoms with van der Waals surface area (Å²) in [7, 11) is 0. The van der Waals surface area contributed by atoms with Crippen LogP contribution in [-0.2, 0) is 27.3 Å². The van der Waals surface area contributed by atoms with Crippen LogP contribution in [0.25, 0.3) is 11.0 Å². The smallest absolute Gasteiger partial charge is 0.325 e. The van der Waals surface area contributed by atoms with Gasteiger partial charge in [-0.15, -0.1) is 0 Å². The number of urea groups is 1. The van der Waals surface area contributed by atoms with Crippen molar-refractivity contribution in [3.63, 3.8) is 0 Å². The van der Waals surface area contributed by atoms with E-state index in [0.717, 1.165) is 18.4 Å². The highest BCUT2D eigenvalue weighted by atomic mass is 16.5. The Morgan fingerprint density at radius 1 is 1.06 bits per heavy atom. The molecular formula is C25H28N4O5. The number of fused-ring (bicyclic) bond motifs is 1. The standard InChI is InChI=1S/C25H28N4O5/c1-3-4-16-29-21-13-9-8-12-19(21)27-20(24(29)32)14-15-22(30)34-17(2)23(31)28-25(33)26-18-10-6-5-7-11-18/h5-13,17H,3-4,14-16H2,1-2H3,(H2,26,28,31,33). The zero-order valence-corrected chi connectivity index (χ0v) is 19.2. The van der Waals surface area contributed by atoms with Gasteiger partial charge in [0.1, 0.15) is 5.69 Å². The lowest BCUT2D eigenvalue weighted by Gasteiger charge is -2.14. The summed E-state index contributed by atoms with van der Waals surface area (Å²) in [5.74, 6) is -1.42. The fourth-order valence-electron chi connectivity index (χ4n) is 3.37. The maximum absolute atomic E-state index is 12.9. The number of ether oxygens (including phenoxy) is 1. The Labute approximate surface area is 197 Å². The van der Waals surface area contributed by atoms with Gasteiger partial charge in [-0.05, 0) is 37.6 Å². The second kappa shape index (κ2) is 11.7. The van der Waals surface area contributed by atoms with E-state index in [1.807, 2.05) is 31.2 Å². The van der Waals surface area contributed by atoms with E-state index in [0.29, 0.717) is 17.7 Å². The zero-order chi connectivity index (χ0) is 24.5. The molecule has 0 aliphatic rings. The number of rotatable bonds is 9. The summed E-state index contributed by atoms with van der Waals surface area (Å²) in [5, 5.41) is 4.64. The number of carbonyl (C=O) groups excluding carboxylic acids is 3. The number of nitrogens with one attached hydrogen (secondary N) is 2. The minimum atomic E-state index is -1.18. The van der Waals surface area contributed by atoms with E-state index in [1.165, 1.54) is 6.92 Å². The lowest BCUT2D eigenvalue weighted by Crippen LogP contribution is -2.41. The summed E-state index contributed by atoms with van der Waals surface area (Å²) in [4.78, 5) is 53.8. The molecule has 1 aromatic heterocycles. The molecule has 0 aliphatic carbocycles. The van der Waals surface area contributed by atoms with Crippen molar-refractivity contribution in [2.24, 2.45) is 0 Å². The SMILES string of the molecule is CCCCn1c(=O)c(CCC(=O)OC(C)C(=O)NC(=O)Nc2ccccc2)nc2ccccc21. The number of carbonyl (C=O) groups is 3. The number of benzene rings is 2. The maximum Gasteiger partial charge on any atom is 0.325 e. The molecule has 9 nitrogen and oxygen atoms in total. The van der Waals surface area contributed by atoms with Crippen molar-refractivity contribution in [1.82, 2.24) is 14.9 Å². The summed E-state index contributed by atoms with van der Waals surface area (Å²) in [6.07, 6.45) is 0.563. The van der Waals surface area contributed by atoms with Crippen LogP contribution in [0.3, 0.4) is 0 Å². The molecule has 0 saturated carbocycles. The third-order valence-electron chi connectivity index (χ3n) is 5.17. The number of anilines is 1. The molecule has 1 heterocycles. The number of hydrogen-bond donors (Lipinski definition) is 2. The number of hydrogen-bond acceptors (Lipinski definition) is 6. The highest BCUT2D eigenvalue weighted by Gasteiger charge is 2.21. The summed E-state index contributed by atoms with van der Waals surface area (Å²) in [6.45, 7) is 3.99. The van der Waals surface area contributed by atoms with Gasteiger partial charge in [0.25, 0.3) is 11.5 Å². The van der Waals surface area contributed by atoms with Gasteiger partial charge in [-0.2, -0.15) is 0 Å². The van der Waals surface area contributed by atoms with E-state index in [-0.39, 0.29) is 24.1 Å². The topological polar surface area (TPSA) is 119 Å². The quantitative estimate of drug-likeness (QED) is 0.469. The van der Waals surface area contributed by atoms with Crippen molar-refractivity contribution >= 4 is 34.6 Å². The van der Waals surface area contributed by atoms with Gasteiger partial charge in [-0.25, -0.2) is 9.78 Å². The molecule has 1 unspecified atom stereocenters. The van der Waals surface area contributed by atoms with Gasteiger partial charge >= 0.3 is 12.0 Å². The Hall–Kier alpha value is -4.01. The zero-order valence-electron chi connectivity index (χ0n) is 19.2. The van der Waals surface area contributed by atoms with Crippen LogP contribution in [0.5, 0.6) is 0 Å². The van der Waals surface area contributed by atoms with Crippen molar-refractivity contribution in [3.05, 3.63) is 70.6 Å². The summed E-state index contributed by atoms with van der Waals surface area (Å²) in [5.41, 5.74) is 1.99. The molecule has 9 heteroatoms. The molecule has 0 aliphatic heterocycles. The molecule has 2 aromatic carbocycles. The van der Waals surface area contributed by atoms with Crippen LogP contribution in [0.15, 0.2) is 59.4 Å². The van der Waals surface area contributed by atoms with E-state index < -0.39 is 24.0 Å². The molecule has 0 saturated heterocycles. The number of esters is 1. The number of imide groups is 1. The number of aromatic nitrogens is 2. The Bertz CT molecular complexity index is 1220.